The number of nitrogens with zero attached hydrogens (tertiary/aromatic N) is 3. The molecule has 3 aromatic rings. The van der Waals surface area contributed by atoms with E-state index in [1.807, 2.05) is 35.9 Å². The third-order valence-corrected chi connectivity index (χ3v) is 5.65. The number of ether oxygens (including phenoxy) is 3. The summed E-state index contributed by atoms with van der Waals surface area (Å²) in [6.45, 7) is 0.542. The minimum absolute atomic E-state index is 0.542. The van der Waals surface area contributed by atoms with Gasteiger partial charge in [0, 0.05) is 24.8 Å². The molecule has 158 valence electrons. The maximum atomic E-state index is 10.9. The fraction of sp³-hybridized carbons (Fsp3) is 0.318. The Morgan fingerprint density at radius 3 is 2.53 bits per heavy atom. The molecular formula is C22H25N3O4S. The van der Waals surface area contributed by atoms with Gasteiger partial charge < -0.3 is 18.8 Å². The molecule has 0 radical (unpaired) electrons. The summed E-state index contributed by atoms with van der Waals surface area (Å²) < 4.78 is 18.3. The molecule has 0 N–H and O–H groups in total. The predicted molar refractivity (Wildman–Crippen MR) is 116 cm³/mol. The Labute approximate surface area is 180 Å². The molecule has 0 unspecified atom stereocenters. The van der Waals surface area contributed by atoms with Crippen molar-refractivity contribution in [1.82, 2.24) is 14.8 Å². The third kappa shape index (κ3) is 5.54. The highest BCUT2D eigenvalue weighted by molar-refractivity contribution is 7.99. The van der Waals surface area contributed by atoms with E-state index in [1.54, 1.807) is 44.2 Å². The molecule has 0 atom stereocenters. The number of aromatic nitrogens is 3. The monoisotopic (exact) mass is 427 g/mol. The van der Waals surface area contributed by atoms with Crippen LogP contribution in [0.3, 0.4) is 0 Å². The maximum Gasteiger partial charge on any atom is 0.190 e. The van der Waals surface area contributed by atoms with E-state index in [2.05, 4.69) is 10.2 Å². The lowest BCUT2D eigenvalue weighted by Crippen LogP contribution is -2.03. The molecule has 1 aromatic heterocycles. The smallest absolute Gasteiger partial charge is 0.190 e. The molecular weight excluding hydrogens is 402 g/mol. The van der Waals surface area contributed by atoms with Crippen molar-refractivity contribution in [2.24, 2.45) is 7.05 Å². The van der Waals surface area contributed by atoms with E-state index in [0.29, 0.717) is 30.1 Å². The van der Waals surface area contributed by atoms with Crippen LogP contribution in [0.4, 0.5) is 0 Å². The summed E-state index contributed by atoms with van der Waals surface area (Å²) in [5, 5.41) is 9.51. The van der Waals surface area contributed by atoms with E-state index >= 15 is 0 Å². The van der Waals surface area contributed by atoms with Crippen molar-refractivity contribution in [3.8, 4) is 17.2 Å². The SMILES string of the molecule is COc1ccc(Cc2nnc(SCCCOc3ccc(C=O)cc3OC)n2C)cc1. The first-order chi connectivity index (χ1) is 14.6. The number of carbonyl (C=O) groups is 1. The molecule has 0 aliphatic heterocycles. The van der Waals surface area contributed by atoms with Crippen LogP contribution in [0.1, 0.15) is 28.2 Å². The molecule has 0 saturated heterocycles. The molecule has 0 bridgehead atoms. The lowest BCUT2D eigenvalue weighted by molar-refractivity contribution is 0.112. The van der Waals surface area contributed by atoms with Gasteiger partial charge in [-0.2, -0.15) is 0 Å². The standard InChI is InChI=1S/C22H25N3O4S/c1-25-21(14-16-5-8-18(27-2)9-6-16)23-24-22(25)30-12-4-11-29-19-10-7-17(15-26)13-20(19)28-3/h5-10,13,15H,4,11-12,14H2,1-3H3. The Kier molecular flexibility index (Phi) is 7.73. The molecule has 0 fully saturated rings. The lowest BCUT2D eigenvalue weighted by Gasteiger charge is -2.10. The van der Waals surface area contributed by atoms with Crippen LogP contribution in [0.5, 0.6) is 17.2 Å². The van der Waals surface area contributed by atoms with Crippen molar-refractivity contribution >= 4 is 18.0 Å². The van der Waals surface area contributed by atoms with Crippen molar-refractivity contribution in [3.63, 3.8) is 0 Å². The summed E-state index contributed by atoms with van der Waals surface area (Å²) in [5.41, 5.74) is 1.72. The van der Waals surface area contributed by atoms with Crippen molar-refractivity contribution in [3.05, 3.63) is 59.4 Å². The van der Waals surface area contributed by atoms with Gasteiger partial charge in [0.1, 0.15) is 17.9 Å². The van der Waals surface area contributed by atoms with Crippen molar-refractivity contribution in [2.75, 3.05) is 26.6 Å². The maximum absolute atomic E-state index is 10.9. The van der Waals surface area contributed by atoms with Gasteiger partial charge in [0.2, 0.25) is 0 Å². The first-order valence-electron chi connectivity index (χ1n) is 9.54. The number of thioether (sulfide) groups is 1. The van der Waals surface area contributed by atoms with Gasteiger partial charge in [-0.1, -0.05) is 23.9 Å². The fourth-order valence-electron chi connectivity index (χ4n) is 2.83. The van der Waals surface area contributed by atoms with Crippen molar-refractivity contribution in [1.29, 1.82) is 0 Å². The highest BCUT2D eigenvalue weighted by Crippen LogP contribution is 2.28. The van der Waals surface area contributed by atoms with Gasteiger partial charge in [0.15, 0.2) is 16.7 Å². The topological polar surface area (TPSA) is 75.5 Å². The van der Waals surface area contributed by atoms with E-state index in [1.165, 1.54) is 0 Å². The van der Waals surface area contributed by atoms with Crippen LogP contribution >= 0.6 is 11.8 Å². The quantitative estimate of drug-likeness (QED) is 0.262. The molecule has 0 aliphatic carbocycles. The first kappa shape index (κ1) is 21.7. The first-order valence-corrected chi connectivity index (χ1v) is 10.5. The average Bonchev–Trinajstić information content (AvgIpc) is 3.13. The second-order valence-electron chi connectivity index (χ2n) is 6.56. The molecule has 30 heavy (non-hydrogen) atoms. The Morgan fingerprint density at radius 1 is 1.03 bits per heavy atom. The van der Waals surface area contributed by atoms with Crippen LogP contribution < -0.4 is 14.2 Å². The van der Waals surface area contributed by atoms with E-state index in [0.717, 1.165) is 40.8 Å². The number of aldehydes is 1. The molecule has 0 amide bonds. The fourth-order valence-corrected chi connectivity index (χ4v) is 3.67. The van der Waals surface area contributed by atoms with Crippen molar-refractivity contribution < 1.29 is 19.0 Å². The second kappa shape index (κ2) is 10.7. The number of benzene rings is 2. The van der Waals surface area contributed by atoms with Crippen LogP contribution in [0.2, 0.25) is 0 Å². The summed E-state index contributed by atoms with van der Waals surface area (Å²) in [4.78, 5) is 10.9. The van der Waals surface area contributed by atoms with Crippen LogP contribution in [0.15, 0.2) is 47.6 Å². The molecule has 0 spiro atoms. The molecule has 0 aliphatic rings. The second-order valence-corrected chi connectivity index (χ2v) is 7.62. The summed E-state index contributed by atoms with van der Waals surface area (Å²) in [7, 11) is 5.20. The van der Waals surface area contributed by atoms with Crippen LogP contribution in [-0.4, -0.2) is 47.6 Å². The third-order valence-electron chi connectivity index (χ3n) is 4.55. The Balaban J connectivity index is 1.47. The van der Waals surface area contributed by atoms with E-state index in [-0.39, 0.29) is 0 Å². The molecule has 0 saturated carbocycles. The number of methoxy groups -OCH3 is 2. The number of hydrogen-bond acceptors (Lipinski definition) is 7. The molecule has 1 heterocycles. The van der Waals surface area contributed by atoms with Gasteiger partial charge in [-0.15, -0.1) is 10.2 Å². The summed E-state index contributed by atoms with van der Waals surface area (Å²) in [5.74, 6) is 3.80. The number of hydrogen-bond donors (Lipinski definition) is 0. The molecule has 2 aromatic carbocycles. The highest BCUT2D eigenvalue weighted by atomic mass is 32.2. The lowest BCUT2D eigenvalue weighted by atomic mass is 10.1. The molecule has 7 nitrogen and oxygen atoms in total. The van der Waals surface area contributed by atoms with Crippen LogP contribution in [0, 0.1) is 0 Å². The van der Waals surface area contributed by atoms with E-state index < -0.39 is 0 Å². The Hall–Kier alpha value is -3.00. The van der Waals surface area contributed by atoms with Gasteiger partial charge >= 0.3 is 0 Å². The van der Waals surface area contributed by atoms with E-state index in [9.17, 15) is 4.79 Å². The normalized spacial score (nSPS) is 10.6. The van der Waals surface area contributed by atoms with Gasteiger partial charge in [-0.3, -0.25) is 4.79 Å². The predicted octanol–water partition coefficient (Wildman–Crippen LogP) is 3.80. The van der Waals surface area contributed by atoms with Gasteiger partial charge in [0.05, 0.1) is 20.8 Å². The van der Waals surface area contributed by atoms with Gasteiger partial charge in [-0.05, 0) is 42.3 Å². The minimum Gasteiger partial charge on any atom is -0.497 e. The van der Waals surface area contributed by atoms with Crippen molar-refractivity contribution in [2.45, 2.75) is 18.0 Å². The molecule has 8 heteroatoms. The van der Waals surface area contributed by atoms with Gasteiger partial charge in [-0.25, -0.2) is 0 Å². The number of carbonyl (C=O) groups excluding carboxylic acids is 1. The minimum atomic E-state index is 0.542. The van der Waals surface area contributed by atoms with E-state index in [4.69, 9.17) is 14.2 Å². The molecule has 3 rings (SSSR count). The summed E-state index contributed by atoms with van der Waals surface area (Å²) in [6.07, 6.45) is 2.34. The summed E-state index contributed by atoms with van der Waals surface area (Å²) in [6, 6.07) is 13.1. The zero-order valence-corrected chi connectivity index (χ0v) is 18.1. The summed E-state index contributed by atoms with van der Waals surface area (Å²) >= 11 is 1.65. The zero-order chi connectivity index (χ0) is 21.3. The Bertz CT molecular complexity index is 973. The number of rotatable bonds is 11. The average molecular weight is 428 g/mol. The zero-order valence-electron chi connectivity index (χ0n) is 17.3. The Morgan fingerprint density at radius 2 is 1.83 bits per heavy atom. The van der Waals surface area contributed by atoms with Crippen LogP contribution in [0.25, 0.3) is 0 Å². The van der Waals surface area contributed by atoms with Crippen LogP contribution in [-0.2, 0) is 13.5 Å². The van der Waals surface area contributed by atoms with Gasteiger partial charge in [0.25, 0.3) is 0 Å². The highest BCUT2D eigenvalue weighted by Gasteiger charge is 2.10. The largest absolute Gasteiger partial charge is 0.497 e.